The molecule has 4 heteroatoms. The zero-order chi connectivity index (χ0) is 8.10. The van der Waals surface area contributed by atoms with Gasteiger partial charge in [-0.25, -0.2) is 0 Å². The Kier molecular flexibility index (Phi) is 2.53. The standard InChI is InChI=1S/C7H6BNO2/c9-6-11-8(10)7-4-2-1-3-5-7/h1-5,10H. The molecule has 0 saturated carbocycles. The number of nitriles is 1. The van der Waals surface area contributed by atoms with Crippen molar-refractivity contribution in [3.8, 4) is 6.26 Å². The van der Waals surface area contributed by atoms with E-state index in [1.54, 1.807) is 24.3 Å². The fourth-order valence-corrected chi connectivity index (χ4v) is 0.736. The average molecular weight is 147 g/mol. The summed E-state index contributed by atoms with van der Waals surface area (Å²) in [4.78, 5) is 0. The van der Waals surface area contributed by atoms with Gasteiger partial charge >= 0.3 is 7.12 Å². The van der Waals surface area contributed by atoms with Gasteiger partial charge in [0.25, 0.3) is 6.26 Å². The molecule has 0 unspecified atom stereocenters. The van der Waals surface area contributed by atoms with Crippen LogP contribution < -0.4 is 5.46 Å². The largest absolute Gasteiger partial charge is 0.570 e. The lowest BCUT2D eigenvalue weighted by Crippen LogP contribution is -2.31. The number of benzene rings is 1. The molecule has 0 aromatic heterocycles. The molecule has 0 amide bonds. The summed E-state index contributed by atoms with van der Waals surface area (Å²) in [6.07, 6.45) is 1.42. The molecular formula is C7H6BNO2. The monoisotopic (exact) mass is 147 g/mol. The molecule has 0 aliphatic carbocycles. The van der Waals surface area contributed by atoms with E-state index in [9.17, 15) is 0 Å². The van der Waals surface area contributed by atoms with Gasteiger partial charge in [0.2, 0.25) is 0 Å². The molecule has 0 aliphatic heterocycles. The van der Waals surface area contributed by atoms with Crippen molar-refractivity contribution in [1.29, 1.82) is 5.26 Å². The van der Waals surface area contributed by atoms with Crippen LogP contribution in [-0.2, 0) is 4.65 Å². The zero-order valence-corrected chi connectivity index (χ0v) is 5.77. The van der Waals surface area contributed by atoms with Crippen LogP contribution >= 0.6 is 0 Å². The molecule has 0 fully saturated rings. The fraction of sp³-hybridized carbons (Fsp3) is 0. The van der Waals surface area contributed by atoms with Crippen molar-refractivity contribution in [3.63, 3.8) is 0 Å². The Morgan fingerprint density at radius 1 is 1.36 bits per heavy atom. The summed E-state index contributed by atoms with van der Waals surface area (Å²) in [5.74, 6) is 0. The van der Waals surface area contributed by atoms with Gasteiger partial charge in [-0.3, -0.25) is 0 Å². The van der Waals surface area contributed by atoms with Gasteiger partial charge in [0.1, 0.15) is 0 Å². The molecule has 11 heavy (non-hydrogen) atoms. The van der Waals surface area contributed by atoms with E-state index in [4.69, 9.17) is 10.3 Å². The number of nitrogens with zero attached hydrogens (tertiary/aromatic N) is 1. The van der Waals surface area contributed by atoms with Crippen molar-refractivity contribution in [2.45, 2.75) is 0 Å². The van der Waals surface area contributed by atoms with Crippen LogP contribution in [0, 0.1) is 11.5 Å². The van der Waals surface area contributed by atoms with Crippen LogP contribution in [0.4, 0.5) is 0 Å². The Balaban J connectivity index is 2.70. The Labute approximate surface area is 65.0 Å². The summed E-state index contributed by atoms with van der Waals surface area (Å²) in [6, 6.07) is 8.71. The van der Waals surface area contributed by atoms with Crippen molar-refractivity contribution in [2.24, 2.45) is 0 Å². The molecular weight excluding hydrogens is 141 g/mol. The Bertz CT molecular complexity index is 257. The van der Waals surface area contributed by atoms with E-state index < -0.39 is 7.12 Å². The third-order valence-electron chi connectivity index (χ3n) is 1.25. The molecule has 1 rings (SSSR count). The number of hydrogen-bond donors (Lipinski definition) is 1. The minimum absolute atomic E-state index is 0.578. The van der Waals surface area contributed by atoms with E-state index in [1.807, 2.05) is 6.07 Å². The van der Waals surface area contributed by atoms with Gasteiger partial charge in [-0.2, -0.15) is 5.26 Å². The summed E-state index contributed by atoms with van der Waals surface area (Å²) in [5.41, 5.74) is 0.578. The topological polar surface area (TPSA) is 53.2 Å². The van der Waals surface area contributed by atoms with Crippen molar-refractivity contribution >= 4 is 12.6 Å². The lowest BCUT2D eigenvalue weighted by Gasteiger charge is -1.99. The highest BCUT2D eigenvalue weighted by Crippen LogP contribution is 1.86. The van der Waals surface area contributed by atoms with Crippen LogP contribution in [0.15, 0.2) is 30.3 Å². The molecule has 3 nitrogen and oxygen atoms in total. The van der Waals surface area contributed by atoms with E-state index in [0.29, 0.717) is 5.46 Å². The minimum atomic E-state index is -1.14. The molecule has 0 spiro atoms. The average Bonchev–Trinajstić information content (AvgIpc) is 2.07. The first-order valence-electron chi connectivity index (χ1n) is 3.12. The molecule has 1 aromatic carbocycles. The fourth-order valence-electron chi connectivity index (χ4n) is 0.736. The maximum Gasteiger partial charge on any atom is 0.570 e. The van der Waals surface area contributed by atoms with Gasteiger partial charge < -0.3 is 9.68 Å². The zero-order valence-electron chi connectivity index (χ0n) is 5.77. The summed E-state index contributed by atoms with van der Waals surface area (Å²) >= 11 is 0. The maximum absolute atomic E-state index is 9.08. The summed E-state index contributed by atoms with van der Waals surface area (Å²) in [7, 11) is -1.14. The summed E-state index contributed by atoms with van der Waals surface area (Å²) < 4.78 is 4.29. The van der Waals surface area contributed by atoms with E-state index in [0.717, 1.165) is 0 Å². The predicted molar refractivity (Wildman–Crippen MR) is 40.7 cm³/mol. The van der Waals surface area contributed by atoms with Crippen molar-refractivity contribution < 1.29 is 9.68 Å². The predicted octanol–water partition coefficient (Wildman–Crippen LogP) is -0.128. The van der Waals surface area contributed by atoms with Crippen molar-refractivity contribution in [2.75, 3.05) is 0 Å². The first-order chi connectivity index (χ1) is 5.34. The molecule has 0 bridgehead atoms. The second kappa shape index (κ2) is 3.64. The molecule has 0 aliphatic rings. The maximum atomic E-state index is 9.08. The summed E-state index contributed by atoms with van der Waals surface area (Å²) in [6.45, 7) is 0. The Hall–Kier alpha value is -1.47. The number of rotatable bonds is 2. The Morgan fingerprint density at radius 3 is 2.55 bits per heavy atom. The second-order valence-corrected chi connectivity index (χ2v) is 1.97. The molecule has 0 saturated heterocycles. The lowest BCUT2D eigenvalue weighted by atomic mass is 9.80. The third kappa shape index (κ3) is 1.99. The van der Waals surface area contributed by atoms with Crippen LogP contribution in [0.25, 0.3) is 0 Å². The van der Waals surface area contributed by atoms with Gasteiger partial charge in [0.05, 0.1) is 0 Å². The van der Waals surface area contributed by atoms with Gasteiger partial charge in [-0.15, -0.1) is 0 Å². The molecule has 0 radical (unpaired) electrons. The normalized spacial score (nSPS) is 8.36. The van der Waals surface area contributed by atoms with Crippen LogP contribution in [0.2, 0.25) is 0 Å². The van der Waals surface area contributed by atoms with Gasteiger partial charge in [-0.1, -0.05) is 30.3 Å². The van der Waals surface area contributed by atoms with Crippen LogP contribution in [0.1, 0.15) is 0 Å². The van der Waals surface area contributed by atoms with E-state index in [2.05, 4.69) is 4.65 Å². The SMILES string of the molecule is N#COB(O)c1ccccc1. The molecule has 0 atom stereocenters. The second-order valence-electron chi connectivity index (χ2n) is 1.97. The highest BCUT2D eigenvalue weighted by Gasteiger charge is 2.16. The Morgan fingerprint density at radius 2 is 2.00 bits per heavy atom. The van der Waals surface area contributed by atoms with E-state index in [1.165, 1.54) is 6.26 Å². The molecule has 54 valence electrons. The third-order valence-corrected chi connectivity index (χ3v) is 1.25. The van der Waals surface area contributed by atoms with Crippen molar-refractivity contribution in [3.05, 3.63) is 30.3 Å². The van der Waals surface area contributed by atoms with E-state index in [-0.39, 0.29) is 0 Å². The smallest absolute Gasteiger partial charge is 0.463 e. The number of hydrogen-bond acceptors (Lipinski definition) is 3. The first kappa shape index (κ1) is 7.64. The quantitative estimate of drug-likeness (QED) is 0.468. The lowest BCUT2D eigenvalue weighted by molar-refractivity contribution is 0.402. The van der Waals surface area contributed by atoms with Gasteiger partial charge in [0.15, 0.2) is 0 Å². The highest BCUT2D eigenvalue weighted by molar-refractivity contribution is 6.60. The van der Waals surface area contributed by atoms with Gasteiger partial charge in [0, 0.05) is 0 Å². The van der Waals surface area contributed by atoms with Crippen LogP contribution in [0.3, 0.4) is 0 Å². The first-order valence-corrected chi connectivity index (χ1v) is 3.12. The minimum Gasteiger partial charge on any atom is -0.463 e. The molecule has 1 N–H and O–H groups in total. The van der Waals surface area contributed by atoms with Crippen molar-refractivity contribution in [1.82, 2.24) is 0 Å². The van der Waals surface area contributed by atoms with Crippen LogP contribution in [0.5, 0.6) is 0 Å². The van der Waals surface area contributed by atoms with Crippen LogP contribution in [-0.4, -0.2) is 12.1 Å². The summed E-state index contributed by atoms with van der Waals surface area (Å²) in [5, 5.41) is 17.1. The molecule has 1 aromatic rings. The van der Waals surface area contributed by atoms with E-state index >= 15 is 0 Å². The van der Waals surface area contributed by atoms with Gasteiger partial charge in [-0.05, 0) is 5.46 Å². The highest BCUT2D eigenvalue weighted by atomic mass is 16.5. The molecule has 0 heterocycles.